The van der Waals surface area contributed by atoms with Crippen molar-refractivity contribution in [1.82, 2.24) is 9.78 Å². The van der Waals surface area contributed by atoms with Gasteiger partial charge in [-0.1, -0.05) is 12.8 Å². The molecule has 20 heavy (non-hydrogen) atoms. The standard InChI is InChI=1S/C15H16BrFN2O/c16-14-9-11(17)5-6-15(14)20-10-12-7-8-19(18-12)13-3-1-2-4-13/h5-9,13H,1-4,10H2. The van der Waals surface area contributed by atoms with E-state index in [1.807, 2.05) is 16.9 Å². The third-order valence-electron chi connectivity index (χ3n) is 3.63. The van der Waals surface area contributed by atoms with Crippen LogP contribution in [-0.2, 0) is 6.61 Å². The lowest BCUT2D eigenvalue weighted by Gasteiger charge is -2.09. The molecule has 0 atom stereocenters. The molecule has 1 saturated carbocycles. The molecule has 0 spiro atoms. The fraction of sp³-hybridized carbons (Fsp3) is 0.400. The zero-order chi connectivity index (χ0) is 13.9. The Kier molecular flexibility index (Phi) is 4.05. The van der Waals surface area contributed by atoms with Crippen molar-refractivity contribution in [3.8, 4) is 5.75 Å². The van der Waals surface area contributed by atoms with Gasteiger partial charge in [-0.25, -0.2) is 4.39 Å². The lowest BCUT2D eigenvalue weighted by atomic mass is 10.3. The molecule has 1 aromatic carbocycles. The molecule has 1 aliphatic rings. The highest BCUT2D eigenvalue weighted by atomic mass is 79.9. The summed E-state index contributed by atoms with van der Waals surface area (Å²) in [5.41, 5.74) is 0.896. The summed E-state index contributed by atoms with van der Waals surface area (Å²) in [6.07, 6.45) is 7.03. The Hall–Kier alpha value is -1.36. The second kappa shape index (κ2) is 5.95. The van der Waals surface area contributed by atoms with Crippen LogP contribution >= 0.6 is 15.9 Å². The average molecular weight is 339 g/mol. The summed E-state index contributed by atoms with van der Waals surface area (Å²) in [5.74, 6) is 0.344. The topological polar surface area (TPSA) is 27.1 Å². The first kappa shape index (κ1) is 13.6. The Labute approximate surface area is 125 Å². The van der Waals surface area contributed by atoms with E-state index < -0.39 is 0 Å². The highest BCUT2D eigenvalue weighted by molar-refractivity contribution is 9.10. The van der Waals surface area contributed by atoms with E-state index in [1.165, 1.54) is 37.8 Å². The maximum atomic E-state index is 13.0. The first-order valence-electron chi connectivity index (χ1n) is 6.84. The van der Waals surface area contributed by atoms with Crippen molar-refractivity contribution < 1.29 is 9.13 Å². The van der Waals surface area contributed by atoms with Crippen molar-refractivity contribution in [3.05, 3.63) is 46.4 Å². The van der Waals surface area contributed by atoms with Crippen LogP contribution in [0.1, 0.15) is 37.4 Å². The Bertz CT molecular complexity index is 593. The van der Waals surface area contributed by atoms with Crippen molar-refractivity contribution in [2.75, 3.05) is 0 Å². The fourth-order valence-electron chi connectivity index (χ4n) is 2.57. The molecule has 0 bridgehead atoms. The van der Waals surface area contributed by atoms with Crippen LogP contribution in [0, 0.1) is 5.82 Å². The monoisotopic (exact) mass is 338 g/mol. The first-order valence-corrected chi connectivity index (χ1v) is 7.63. The van der Waals surface area contributed by atoms with E-state index in [0.717, 1.165) is 5.69 Å². The van der Waals surface area contributed by atoms with Gasteiger partial charge in [-0.2, -0.15) is 5.10 Å². The molecule has 0 N–H and O–H groups in total. The minimum Gasteiger partial charge on any atom is -0.486 e. The number of hydrogen-bond acceptors (Lipinski definition) is 2. The maximum absolute atomic E-state index is 13.0. The van der Waals surface area contributed by atoms with E-state index in [0.29, 0.717) is 22.9 Å². The molecule has 2 aromatic rings. The Morgan fingerprint density at radius 2 is 2.10 bits per heavy atom. The first-order chi connectivity index (χ1) is 9.72. The van der Waals surface area contributed by atoms with E-state index in [-0.39, 0.29) is 5.82 Å². The van der Waals surface area contributed by atoms with Gasteiger partial charge in [-0.15, -0.1) is 0 Å². The highest BCUT2D eigenvalue weighted by Crippen LogP contribution is 2.29. The SMILES string of the molecule is Fc1ccc(OCc2ccn(C3CCCC3)n2)c(Br)c1. The predicted octanol–water partition coefficient (Wildman–Crippen LogP) is 4.48. The summed E-state index contributed by atoms with van der Waals surface area (Å²) in [7, 11) is 0. The molecule has 1 fully saturated rings. The lowest BCUT2D eigenvalue weighted by Crippen LogP contribution is -2.06. The zero-order valence-electron chi connectivity index (χ0n) is 11.1. The fourth-order valence-corrected chi connectivity index (χ4v) is 3.04. The summed E-state index contributed by atoms with van der Waals surface area (Å²) in [5, 5.41) is 4.56. The molecule has 0 amide bonds. The largest absolute Gasteiger partial charge is 0.486 e. The van der Waals surface area contributed by atoms with Gasteiger partial charge in [0.25, 0.3) is 0 Å². The Morgan fingerprint density at radius 3 is 2.85 bits per heavy atom. The van der Waals surface area contributed by atoms with E-state index in [4.69, 9.17) is 4.74 Å². The molecule has 1 aliphatic carbocycles. The van der Waals surface area contributed by atoms with Crippen LogP contribution in [0.4, 0.5) is 4.39 Å². The Balaban J connectivity index is 1.63. The third-order valence-corrected chi connectivity index (χ3v) is 4.25. The van der Waals surface area contributed by atoms with Crippen LogP contribution in [0.25, 0.3) is 0 Å². The summed E-state index contributed by atoms with van der Waals surface area (Å²) >= 11 is 3.29. The van der Waals surface area contributed by atoms with Crippen LogP contribution in [0.15, 0.2) is 34.9 Å². The lowest BCUT2D eigenvalue weighted by molar-refractivity contribution is 0.295. The number of aromatic nitrogens is 2. The number of nitrogens with zero attached hydrogens (tertiary/aromatic N) is 2. The molecule has 1 heterocycles. The number of rotatable bonds is 4. The molecule has 3 rings (SSSR count). The van der Waals surface area contributed by atoms with Crippen molar-refractivity contribution >= 4 is 15.9 Å². The third kappa shape index (κ3) is 3.03. The molecule has 3 nitrogen and oxygen atoms in total. The smallest absolute Gasteiger partial charge is 0.134 e. The summed E-state index contributed by atoms with van der Waals surface area (Å²) in [4.78, 5) is 0. The van der Waals surface area contributed by atoms with Crippen LogP contribution in [0.2, 0.25) is 0 Å². The normalized spacial score (nSPS) is 15.7. The number of benzene rings is 1. The van der Waals surface area contributed by atoms with Gasteiger partial charge in [0.1, 0.15) is 18.2 Å². The summed E-state index contributed by atoms with van der Waals surface area (Å²) in [6.45, 7) is 0.393. The number of ether oxygens (including phenoxy) is 1. The van der Waals surface area contributed by atoms with Crippen molar-refractivity contribution in [3.63, 3.8) is 0 Å². The molecule has 5 heteroatoms. The van der Waals surface area contributed by atoms with Crippen LogP contribution in [-0.4, -0.2) is 9.78 Å². The predicted molar refractivity (Wildman–Crippen MR) is 78.2 cm³/mol. The van der Waals surface area contributed by atoms with Gasteiger partial charge < -0.3 is 4.74 Å². The average Bonchev–Trinajstić information content (AvgIpc) is 3.08. The minimum atomic E-state index is -0.283. The Morgan fingerprint density at radius 1 is 1.30 bits per heavy atom. The molecular weight excluding hydrogens is 323 g/mol. The molecule has 106 valence electrons. The molecule has 0 aliphatic heterocycles. The number of halogens is 2. The maximum Gasteiger partial charge on any atom is 0.134 e. The second-order valence-electron chi connectivity index (χ2n) is 5.09. The van der Waals surface area contributed by atoms with E-state index in [1.54, 1.807) is 6.07 Å². The summed E-state index contributed by atoms with van der Waals surface area (Å²) < 4.78 is 21.3. The van der Waals surface area contributed by atoms with Crippen LogP contribution in [0.3, 0.4) is 0 Å². The zero-order valence-corrected chi connectivity index (χ0v) is 12.6. The van der Waals surface area contributed by atoms with Gasteiger partial charge in [-0.05, 0) is 53.0 Å². The number of hydrogen-bond donors (Lipinski definition) is 0. The second-order valence-corrected chi connectivity index (χ2v) is 5.94. The molecule has 0 unspecified atom stereocenters. The van der Waals surface area contributed by atoms with Gasteiger partial charge >= 0.3 is 0 Å². The molecule has 0 radical (unpaired) electrons. The molecule has 0 saturated heterocycles. The minimum absolute atomic E-state index is 0.283. The van der Waals surface area contributed by atoms with Gasteiger partial charge in [-0.3, -0.25) is 4.68 Å². The quantitative estimate of drug-likeness (QED) is 0.821. The van der Waals surface area contributed by atoms with Gasteiger partial charge in [0.15, 0.2) is 0 Å². The van der Waals surface area contributed by atoms with Crippen molar-refractivity contribution in [1.29, 1.82) is 0 Å². The molecular formula is C15H16BrFN2O. The van der Waals surface area contributed by atoms with E-state index in [2.05, 4.69) is 21.0 Å². The summed E-state index contributed by atoms with van der Waals surface area (Å²) in [6, 6.07) is 6.92. The van der Waals surface area contributed by atoms with Crippen LogP contribution < -0.4 is 4.74 Å². The van der Waals surface area contributed by atoms with Gasteiger partial charge in [0.2, 0.25) is 0 Å². The van der Waals surface area contributed by atoms with Crippen LogP contribution in [0.5, 0.6) is 5.75 Å². The van der Waals surface area contributed by atoms with Gasteiger partial charge in [0.05, 0.1) is 16.2 Å². The van der Waals surface area contributed by atoms with Gasteiger partial charge in [0, 0.05) is 6.20 Å². The van der Waals surface area contributed by atoms with E-state index in [9.17, 15) is 4.39 Å². The van der Waals surface area contributed by atoms with E-state index >= 15 is 0 Å². The van der Waals surface area contributed by atoms with Crippen molar-refractivity contribution in [2.24, 2.45) is 0 Å². The highest BCUT2D eigenvalue weighted by Gasteiger charge is 2.17. The van der Waals surface area contributed by atoms with Crippen molar-refractivity contribution in [2.45, 2.75) is 38.3 Å². The molecule has 1 aromatic heterocycles.